The van der Waals surface area contributed by atoms with Gasteiger partial charge in [0.1, 0.15) is 6.10 Å². The van der Waals surface area contributed by atoms with Crippen LogP contribution in [0, 0.1) is 0 Å². The normalized spacial score (nSPS) is 25.5. The van der Waals surface area contributed by atoms with E-state index in [1.807, 2.05) is 0 Å². The van der Waals surface area contributed by atoms with Crippen LogP contribution in [0.5, 0.6) is 0 Å². The fourth-order valence-corrected chi connectivity index (χ4v) is 3.31. The first-order valence-corrected chi connectivity index (χ1v) is 7.23. The zero-order valence-electron chi connectivity index (χ0n) is 10.9. The van der Waals surface area contributed by atoms with Crippen LogP contribution in [0.25, 0.3) is 0 Å². The molecule has 1 fully saturated rings. The molecule has 0 radical (unpaired) electrons. The number of hydrogen-bond donors (Lipinski definition) is 1. The number of ether oxygens (including phenoxy) is 1. The highest BCUT2D eigenvalue weighted by molar-refractivity contribution is 5.36. The van der Waals surface area contributed by atoms with Crippen LogP contribution in [0.1, 0.15) is 60.8 Å². The molecule has 1 saturated carbocycles. The van der Waals surface area contributed by atoms with E-state index in [1.165, 1.54) is 43.2 Å². The highest BCUT2D eigenvalue weighted by Gasteiger charge is 2.20. The average molecular weight is 246 g/mol. The van der Waals surface area contributed by atoms with E-state index in [2.05, 4.69) is 18.2 Å². The molecule has 1 aliphatic carbocycles. The second-order valence-corrected chi connectivity index (χ2v) is 5.63. The number of hydrogen-bond acceptors (Lipinski definition) is 2. The van der Waals surface area contributed by atoms with Gasteiger partial charge in [-0.1, -0.05) is 37.5 Å². The Balaban J connectivity index is 1.88. The van der Waals surface area contributed by atoms with E-state index in [0.29, 0.717) is 12.5 Å². The van der Waals surface area contributed by atoms with Gasteiger partial charge in [0.25, 0.3) is 0 Å². The van der Waals surface area contributed by atoms with Crippen LogP contribution in [0.15, 0.2) is 18.2 Å². The third-order valence-corrected chi connectivity index (χ3v) is 4.40. The van der Waals surface area contributed by atoms with Gasteiger partial charge in [0, 0.05) is 0 Å². The van der Waals surface area contributed by atoms with E-state index in [4.69, 9.17) is 4.74 Å². The molecular formula is C16H22O2. The average Bonchev–Trinajstić information content (AvgIpc) is 2.62. The largest absolute Gasteiger partial charge is 0.386 e. The molecule has 1 aliphatic heterocycles. The van der Waals surface area contributed by atoms with Crippen LogP contribution in [0.2, 0.25) is 0 Å². The summed E-state index contributed by atoms with van der Waals surface area (Å²) in [7, 11) is 0. The minimum atomic E-state index is -0.439. The van der Waals surface area contributed by atoms with E-state index >= 15 is 0 Å². The van der Waals surface area contributed by atoms with Crippen molar-refractivity contribution in [3.63, 3.8) is 0 Å². The lowest BCUT2D eigenvalue weighted by molar-refractivity contribution is 0.0451. The molecule has 1 aromatic carbocycles. The summed E-state index contributed by atoms with van der Waals surface area (Å²) < 4.78 is 5.42. The predicted octanol–water partition coefficient (Wildman–Crippen LogP) is 3.34. The monoisotopic (exact) mass is 246 g/mol. The summed E-state index contributed by atoms with van der Waals surface area (Å²) in [6, 6.07) is 6.72. The van der Waals surface area contributed by atoms with Crippen molar-refractivity contribution in [3.05, 3.63) is 34.9 Å². The van der Waals surface area contributed by atoms with Gasteiger partial charge in [-0.3, -0.25) is 0 Å². The smallest absolute Gasteiger partial charge is 0.103 e. The molecule has 1 atom stereocenters. The molecular weight excluding hydrogens is 224 g/mol. The fraction of sp³-hybridized carbons (Fsp3) is 0.625. The minimum Gasteiger partial charge on any atom is -0.386 e. The van der Waals surface area contributed by atoms with Gasteiger partial charge in [-0.15, -0.1) is 0 Å². The Kier molecular flexibility index (Phi) is 3.67. The Bertz CT molecular complexity index is 408. The number of benzene rings is 1. The van der Waals surface area contributed by atoms with Gasteiger partial charge >= 0.3 is 0 Å². The molecule has 0 amide bonds. The molecule has 98 valence electrons. The molecule has 1 unspecified atom stereocenters. The van der Waals surface area contributed by atoms with Gasteiger partial charge in [0.2, 0.25) is 0 Å². The van der Waals surface area contributed by atoms with Crippen molar-refractivity contribution >= 4 is 0 Å². The first-order chi connectivity index (χ1) is 8.84. The van der Waals surface area contributed by atoms with Crippen molar-refractivity contribution in [2.75, 3.05) is 13.2 Å². The molecule has 2 heteroatoms. The quantitative estimate of drug-likeness (QED) is 0.823. The lowest BCUT2D eigenvalue weighted by atomic mass is 9.82. The van der Waals surface area contributed by atoms with Crippen molar-refractivity contribution in [1.82, 2.24) is 0 Å². The van der Waals surface area contributed by atoms with Crippen LogP contribution in [-0.2, 0) is 11.2 Å². The van der Waals surface area contributed by atoms with Crippen LogP contribution in [0.4, 0.5) is 0 Å². The Labute approximate surface area is 109 Å². The number of aliphatic hydroxyl groups excluding tert-OH is 1. The van der Waals surface area contributed by atoms with Crippen LogP contribution >= 0.6 is 0 Å². The van der Waals surface area contributed by atoms with Crippen LogP contribution in [0.3, 0.4) is 0 Å². The van der Waals surface area contributed by atoms with E-state index in [9.17, 15) is 5.11 Å². The summed E-state index contributed by atoms with van der Waals surface area (Å²) in [4.78, 5) is 0. The van der Waals surface area contributed by atoms with E-state index < -0.39 is 6.10 Å². The number of aliphatic hydroxyl groups is 1. The van der Waals surface area contributed by atoms with E-state index in [1.54, 1.807) is 0 Å². The van der Waals surface area contributed by atoms with E-state index in [-0.39, 0.29) is 0 Å². The molecule has 18 heavy (non-hydrogen) atoms. The second-order valence-electron chi connectivity index (χ2n) is 5.63. The topological polar surface area (TPSA) is 29.5 Å². The van der Waals surface area contributed by atoms with Crippen molar-refractivity contribution in [2.24, 2.45) is 0 Å². The summed E-state index contributed by atoms with van der Waals surface area (Å²) in [5.74, 6) is 0.709. The molecule has 0 spiro atoms. The van der Waals surface area contributed by atoms with Gasteiger partial charge in [0.05, 0.1) is 13.2 Å². The highest BCUT2D eigenvalue weighted by atomic mass is 16.5. The molecule has 1 N–H and O–H groups in total. The van der Waals surface area contributed by atoms with E-state index in [0.717, 1.165) is 18.6 Å². The highest BCUT2D eigenvalue weighted by Crippen LogP contribution is 2.35. The number of rotatable bonds is 1. The van der Waals surface area contributed by atoms with Gasteiger partial charge < -0.3 is 9.84 Å². The minimum absolute atomic E-state index is 0.439. The molecule has 0 saturated heterocycles. The van der Waals surface area contributed by atoms with Crippen molar-refractivity contribution < 1.29 is 9.84 Å². The first-order valence-electron chi connectivity index (χ1n) is 7.23. The maximum atomic E-state index is 10.1. The van der Waals surface area contributed by atoms with Gasteiger partial charge in [-0.05, 0) is 41.9 Å². The SMILES string of the molecule is OC1COCCc2ccc(C3CCCCC3)cc21. The molecule has 2 aliphatic rings. The summed E-state index contributed by atoms with van der Waals surface area (Å²) in [6.07, 6.45) is 7.21. The number of fused-ring (bicyclic) bond motifs is 1. The Morgan fingerprint density at radius 2 is 1.94 bits per heavy atom. The predicted molar refractivity (Wildman–Crippen MR) is 71.8 cm³/mol. The fourth-order valence-electron chi connectivity index (χ4n) is 3.31. The molecule has 0 bridgehead atoms. The molecule has 0 aromatic heterocycles. The lowest BCUT2D eigenvalue weighted by Gasteiger charge is -2.23. The zero-order chi connectivity index (χ0) is 12.4. The van der Waals surface area contributed by atoms with Crippen molar-refractivity contribution in [2.45, 2.75) is 50.5 Å². The van der Waals surface area contributed by atoms with Gasteiger partial charge in [0.15, 0.2) is 0 Å². The summed E-state index contributed by atoms with van der Waals surface area (Å²) >= 11 is 0. The summed E-state index contributed by atoms with van der Waals surface area (Å²) in [5, 5.41) is 10.1. The maximum Gasteiger partial charge on any atom is 0.103 e. The van der Waals surface area contributed by atoms with Crippen LogP contribution < -0.4 is 0 Å². The second kappa shape index (κ2) is 5.41. The summed E-state index contributed by atoms with van der Waals surface area (Å²) in [5.41, 5.74) is 3.80. The van der Waals surface area contributed by atoms with Crippen molar-refractivity contribution in [1.29, 1.82) is 0 Å². The van der Waals surface area contributed by atoms with Crippen molar-refractivity contribution in [3.8, 4) is 0 Å². The third kappa shape index (κ3) is 2.45. The Hall–Kier alpha value is -0.860. The molecule has 1 aromatic rings. The molecule has 3 rings (SSSR count). The Morgan fingerprint density at radius 3 is 2.78 bits per heavy atom. The molecule has 2 nitrogen and oxygen atoms in total. The zero-order valence-corrected chi connectivity index (χ0v) is 10.9. The standard InChI is InChI=1S/C16H22O2/c17-16-11-18-9-8-13-6-7-14(10-15(13)16)12-4-2-1-3-5-12/h6-7,10,12,16-17H,1-5,8-9,11H2. The first kappa shape index (κ1) is 12.2. The van der Waals surface area contributed by atoms with Gasteiger partial charge in [-0.25, -0.2) is 0 Å². The Morgan fingerprint density at radius 1 is 1.11 bits per heavy atom. The molecule has 1 heterocycles. The van der Waals surface area contributed by atoms with Gasteiger partial charge in [-0.2, -0.15) is 0 Å². The lowest BCUT2D eigenvalue weighted by Crippen LogP contribution is -2.08. The van der Waals surface area contributed by atoms with Crippen LogP contribution in [-0.4, -0.2) is 18.3 Å². The summed E-state index contributed by atoms with van der Waals surface area (Å²) in [6.45, 7) is 1.17. The maximum absolute atomic E-state index is 10.1. The third-order valence-electron chi connectivity index (χ3n) is 4.40.